The second-order valence-corrected chi connectivity index (χ2v) is 3.56. The zero-order chi connectivity index (χ0) is 10.6. The number of halogens is 1. The average molecular weight is 228 g/mol. The van der Waals surface area contributed by atoms with Crippen LogP contribution in [0.3, 0.4) is 0 Å². The van der Waals surface area contributed by atoms with Crippen LogP contribution >= 0.6 is 23.8 Å². The summed E-state index contributed by atoms with van der Waals surface area (Å²) in [6, 6.07) is 7.39. The quantitative estimate of drug-likeness (QED) is 0.461. The van der Waals surface area contributed by atoms with Gasteiger partial charge >= 0.3 is 0 Å². The van der Waals surface area contributed by atoms with Gasteiger partial charge in [0.15, 0.2) is 5.11 Å². The van der Waals surface area contributed by atoms with Crippen molar-refractivity contribution in [1.82, 2.24) is 5.43 Å². The van der Waals surface area contributed by atoms with Crippen molar-refractivity contribution >= 4 is 34.6 Å². The molecule has 0 heterocycles. The average Bonchev–Trinajstić information content (AvgIpc) is 2.14. The summed E-state index contributed by atoms with van der Waals surface area (Å²) < 4.78 is 0. The Labute approximate surface area is 92.9 Å². The smallest absolute Gasteiger partial charge is 0.184 e. The fraction of sp³-hybridized carbons (Fsp3) is 0.111. The third kappa shape index (κ3) is 3.32. The van der Waals surface area contributed by atoms with Gasteiger partial charge in [-0.3, -0.25) is 5.43 Å². The zero-order valence-electron chi connectivity index (χ0n) is 7.62. The van der Waals surface area contributed by atoms with E-state index in [1.165, 1.54) is 0 Å². The van der Waals surface area contributed by atoms with Gasteiger partial charge in [0.05, 0.1) is 5.71 Å². The maximum atomic E-state index is 5.83. The Morgan fingerprint density at radius 2 is 2.29 bits per heavy atom. The Hall–Kier alpha value is -1.13. The number of thiocarbonyl (C=S) groups is 1. The predicted molar refractivity (Wildman–Crippen MR) is 63.6 cm³/mol. The van der Waals surface area contributed by atoms with Crippen molar-refractivity contribution in [1.29, 1.82) is 0 Å². The molecule has 3 N–H and O–H groups in total. The first-order chi connectivity index (χ1) is 6.59. The van der Waals surface area contributed by atoms with Crippen molar-refractivity contribution in [3.63, 3.8) is 0 Å². The number of benzene rings is 1. The second kappa shape index (κ2) is 4.93. The minimum absolute atomic E-state index is 0.145. The molecule has 0 aliphatic heterocycles. The molecule has 5 heteroatoms. The van der Waals surface area contributed by atoms with E-state index in [9.17, 15) is 0 Å². The normalized spacial score (nSPS) is 11.1. The first-order valence-corrected chi connectivity index (χ1v) is 4.74. The van der Waals surface area contributed by atoms with Crippen LogP contribution in [0.1, 0.15) is 12.5 Å². The van der Waals surface area contributed by atoms with Gasteiger partial charge < -0.3 is 5.73 Å². The van der Waals surface area contributed by atoms with E-state index in [0.717, 1.165) is 11.3 Å². The number of rotatable bonds is 2. The minimum atomic E-state index is 0.145. The highest BCUT2D eigenvalue weighted by molar-refractivity contribution is 7.80. The van der Waals surface area contributed by atoms with Crippen molar-refractivity contribution in [3.8, 4) is 0 Å². The molecule has 0 saturated heterocycles. The summed E-state index contributed by atoms with van der Waals surface area (Å²) in [7, 11) is 0. The number of hydrogen-bond donors (Lipinski definition) is 2. The number of nitrogens with one attached hydrogen (secondary N) is 1. The first-order valence-electron chi connectivity index (χ1n) is 3.95. The molecular formula is C9H10ClN3S. The lowest BCUT2D eigenvalue weighted by Gasteiger charge is -2.01. The lowest BCUT2D eigenvalue weighted by atomic mass is 10.1. The van der Waals surface area contributed by atoms with Gasteiger partial charge in [-0.1, -0.05) is 23.7 Å². The van der Waals surface area contributed by atoms with Gasteiger partial charge in [-0.05, 0) is 36.8 Å². The van der Waals surface area contributed by atoms with Gasteiger partial charge in [0.1, 0.15) is 0 Å². The van der Waals surface area contributed by atoms with Gasteiger partial charge in [0.2, 0.25) is 0 Å². The molecule has 3 nitrogen and oxygen atoms in total. The van der Waals surface area contributed by atoms with Crippen molar-refractivity contribution in [2.24, 2.45) is 10.8 Å². The van der Waals surface area contributed by atoms with Crippen LogP contribution in [0.5, 0.6) is 0 Å². The van der Waals surface area contributed by atoms with Gasteiger partial charge in [-0.15, -0.1) is 0 Å². The molecule has 74 valence electrons. The van der Waals surface area contributed by atoms with E-state index in [-0.39, 0.29) is 5.11 Å². The third-order valence-corrected chi connectivity index (χ3v) is 1.90. The molecule has 0 fully saturated rings. The topological polar surface area (TPSA) is 50.4 Å². The SMILES string of the molecule is CC(=NNC(N)=S)c1cccc(Cl)c1. The standard InChI is InChI=1S/C9H10ClN3S/c1-6(12-13-9(11)14)7-3-2-4-8(10)5-7/h2-5H,1H3,(H3,11,13,14). The molecule has 1 aromatic carbocycles. The highest BCUT2D eigenvalue weighted by Gasteiger charge is 1.97. The van der Waals surface area contributed by atoms with Crippen molar-refractivity contribution < 1.29 is 0 Å². The van der Waals surface area contributed by atoms with Crippen LogP contribution < -0.4 is 11.2 Å². The third-order valence-electron chi connectivity index (χ3n) is 1.58. The summed E-state index contributed by atoms with van der Waals surface area (Å²) in [6.45, 7) is 1.84. The van der Waals surface area contributed by atoms with Gasteiger partial charge in [-0.2, -0.15) is 5.10 Å². The zero-order valence-corrected chi connectivity index (χ0v) is 9.19. The molecule has 0 amide bonds. The number of hydrazone groups is 1. The van der Waals surface area contributed by atoms with Crippen LogP contribution in [0.4, 0.5) is 0 Å². The lowest BCUT2D eigenvalue weighted by molar-refractivity contribution is 1.03. The molecular weight excluding hydrogens is 218 g/mol. The molecule has 14 heavy (non-hydrogen) atoms. The van der Waals surface area contributed by atoms with E-state index in [1.807, 2.05) is 25.1 Å². The molecule has 0 aliphatic carbocycles. The Kier molecular flexibility index (Phi) is 3.85. The minimum Gasteiger partial charge on any atom is -0.375 e. The highest BCUT2D eigenvalue weighted by Crippen LogP contribution is 2.11. The molecule has 1 aromatic rings. The van der Waals surface area contributed by atoms with Crippen molar-refractivity contribution in [3.05, 3.63) is 34.9 Å². The summed E-state index contributed by atoms with van der Waals surface area (Å²) in [6.07, 6.45) is 0. The fourth-order valence-electron chi connectivity index (χ4n) is 0.917. The van der Waals surface area contributed by atoms with Gasteiger partial charge in [0, 0.05) is 5.02 Å². The van der Waals surface area contributed by atoms with Crippen molar-refractivity contribution in [2.75, 3.05) is 0 Å². The van der Waals surface area contributed by atoms with E-state index >= 15 is 0 Å². The van der Waals surface area contributed by atoms with Crippen molar-refractivity contribution in [2.45, 2.75) is 6.92 Å². The van der Waals surface area contributed by atoms with E-state index in [0.29, 0.717) is 5.02 Å². The molecule has 0 atom stereocenters. The molecule has 1 rings (SSSR count). The van der Waals surface area contributed by atoms with E-state index in [2.05, 4.69) is 22.7 Å². The number of nitrogens with two attached hydrogens (primary N) is 1. The van der Waals surface area contributed by atoms with Crippen LogP contribution in [0.25, 0.3) is 0 Å². The maximum absolute atomic E-state index is 5.83. The summed E-state index contributed by atoms with van der Waals surface area (Å²) in [5, 5.41) is 4.80. The highest BCUT2D eigenvalue weighted by atomic mass is 35.5. The lowest BCUT2D eigenvalue weighted by Crippen LogP contribution is -2.25. The molecule has 0 saturated carbocycles. The van der Waals surface area contributed by atoms with E-state index in [1.54, 1.807) is 6.07 Å². The molecule has 0 unspecified atom stereocenters. The van der Waals surface area contributed by atoms with Crippen LogP contribution in [-0.4, -0.2) is 10.8 Å². The Morgan fingerprint density at radius 1 is 1.57 bits per heavy atom. The second-order valence-electron chi connectivity index (χ2n) is 2.68. The summed E-state index contributed by atoms with van der Waals surface area (Å²) in [4.78, 5) is 0. The number of hydrogen-bond acceptors (Lipinski definition) is 2. The monoisotopic (exact) mass is 227 g/mol. The molecule has 0 bridgehead atoms. The molecule has 0 aromatic heterocycles. The van der Waals surface area contributed by atoms with Gasteiger partial charge in [-0.25, -0.2) is 0 Å². The van der Waals surface area contributed by atoms with Crippen LogP contribution in [0, 0.1) is 0 Å². The van der Waals surface area contributed by atoms with Gasteiger partial charge in [0.25, 0.3) is 0 Å². The fourth-order valence-corrected chi connectivity index (χ4v) is 1.15. The van der Waals surface area contributed by atoms with Crippen LogP contribution in [0.2, 0.25) is 5.02 Å². The Morgan fingerprint density at radius 3 is 2.86 bits per heavy atom. The predicted octanol–water partition coefficient (Wildman–Crippen LogP) is 1.90. The van der Waals surface area contributed by atoms with E-state index < -0.39 is 0 Å². The molecule has 0 radical (unpaired) electrons. The number of nitrogens with zero attached hydrogens (tertiary/aromatic N) is 1. The van der Waals surface area contributed by atoms with Crippen LogP contribution in [0.15, 0.2) is 29.4 Å². The molecule has 0 spiro atoms. The first kappa shape index (κ1) is 10.9. The summed E-state index contributed by atoms with van der Waals surface area (Å²) in [5.74, 6) is 0. The Balaban J connectivity index is 2.83. The summed E-state index contributed by atoms with van der Waals surface area (Å²) >= 11 is 10.4. The van der Waals surface area contributed by atoms with Crippen LogP contribution in [-0.2, 0) is 0 Å². The van der Waals surface area contributed by atoms with E-state index in [4.69, 9.17) is 17.3 Å². The molecule has 0 aliphatic rings. The summed E-state index contributed by atoms with van der Waals surface area (Å²) in [5.41, 5.74) is 9.46. The maximum Gasteiger partial charge on any atom is 0.184 e. The Bertz CT molecular complexity index is 376. The largest absolute Gasteiger partial charge is 0.375 e.